The van der Waals surface area contributed by atoms with Gasteiger partial charge in [0.05, 0.1) is 39.1 Å². The highest BCUT2D eigenvalue weighted by molar-refractivity contribution is 5.73. The fourth-order valence-corrected chi connectivity index (χ4v) is 7.25. The van der Waals surface area contributed by atoms with Gasteiger partial charge in [0.2, 0.25) is 11.8 Å². The van der Waals surface area contributed by atoms with Crippen molar-refractivity contribution in [3.05, 3.63) is 0 Å². The van der Waals surface area contributed by atoms with E-state index in [1.807, 2.05) is 0 Å². The van der Waals surface area contributed by atoms with Gasteiger partial charge in [0.25, 0.3) is 0 Å². The predicted octanol–water partition coefficient (Wildman–Crippen LogP) is -11.0. The Balaban J connectivity index is 1.71. The van der Waals surface area contributed by atoms with E-state index in [2.05, 4.69) is 10.6 Å². The summed E-state index contributed by atoms with van der Waals surface area (Å²) in [5.74, 6) is -1.54. The quantitative estimate of drug-likeness (QED) is 0.0607. The normalized spacial score (nSPS) is 44.1. The van der Waals surface area contributed by atoms with Crippen molar-refractivity contribution in [1.82, 2.24) is 10.6 Å². The summed E-state index contributed by atoms with van der Waals surface area (Å²) in [6.45, 7) is -1.34. The third-order valence-electron chi connectivity index (χ3n) is 10.7. The number of carbonyl (C=O) groups excluding carboxylic acids is 2. The molecular weight excluding hydrogens is 836 g/mol. The third kappa shape index (κ3) is 12.0. The van der Waals surface area contributed by atoms with Gasteiger partial charge in [-0.15, -0.1) is 0 Å². The molecule has 61 heavy (non-hydrogen) atoms. The van der Waals surface area contributed by atoms with Crippen LogP contribution in [0.2, 0.25) is 0 Å². The second kappa shape index (κ2) is 22.8. The minimum Gasteiger partial charge on any atom is -0.394 e. The van der Waals surface area contributed by atoms with Crippen molar-refractivity contribution in [3.63, 3.8) is 0 Å². The summed E-state index contributed by atoms with van der Waals surface area (Å²) in [5, 5.41) is 161. The fourth-order valence-electron chi connectivity index (χ4n) is 7.25. The first-order valence-corrected chi connectivity index (χ1v) is 19.4. The van der Waals surface area contributed by atoms with Gasteiger partial charge in [0, 0.05) is 13.8 Å². The topological polar surface area (TPSA) is 435 Å². The SMILES string of the molecule is CC(=O)N[C@H]1[C@H](OCC(O)C(O)C(O)C(O)CO)O[C@H](CO)[C@@H](O[C@@H]2O[C@H](CO)[C@H](O)[C@H](O[C@H]3O[C@H](CO)[C@H](O)[C@H](O)[C@H]3NC(C)=O)[C@H]2O[C@@H]2O[C@@H](C)[C@@H](O)[C@@H](O)[C@@H]2O)[C@@H]1O. The summed E-state index contributed by atoms with van der Waals surface area (Å²) < 4.78 is 46.6. The fraction of sp³-hybridized carbons (Fsp3) is 0.941. The van der Waals surface area contributed by atoms with Gasteiger partial charge < -0.3 is 125 Å². The molecule has 4 saturated heterocycles. The van der Waals surface area contributed by atoms with Crippen LogP contribution >= 0.6 is 0 Å². The average molecular weight is 897 g/mol. The van der Waals surface area contributed by atoms with Crippen molar-refractivity contribution < 1.29 is 124 Å². The highest BCUT2D eigenvalue weighted by Crippen LogP contribution is 2.36. The molecule has 4 aliphatic heterocycles. The Morgan fingerprint density at radius 2 is 1.02 bits per heavy atom. The lowest BCUT2D eigenvalue weighted by Gasteiger charge is -2.51. The molecule has 0 aromatic rings. The molecule has 17 N–H and O–H groups in total. The molecule has 0 aliphatic carbocycles. The summed E-state index contributed by atoms with van der Waals surface area (Å²) in [7, 11) is 0. The molecule has 2 amide bonds. The maximum Gasteiger partial charge on any atom is 0.217 e. The summed E-state index contributed by atoms with van der Waals surface area (Å²) in [6.07, 6.45) is -40.4. The van der Waals surface area contributed by atoms with E-state index >= 15 is 0 Å². The zero-order valence-corrected chi connectivity index (χ0v) is 33.2. The number of ether oxygens (including phenoxy) is 8. The molecule has 27 heteroatoms. The molecule has 356 valence electrons. The molecule has 0 aromatic carbocycles. The van der Waals surface area contributed by atoms with Gasteiger partial charge in [0.15, 0.2) is 25.2 Å². The standard InChI is InChI=1S/C34H60N2O25/c1-9-19(45)26(52)27(53)33(55-9)61-30-29(60-32-17(35-10(2)41)24(50)22(48)14(5-38)56-32)23(49)15(6-39)57-34(30)59-28-16(7-40)58-31(18(25(28)51)36-11(3)42)54-8-13(44)21(47)20(46)12(43)4-37/h9,12-34,37-40,43-53H,4-8H2,1-3H3,(H,35,41)(H,36,42)/t9-,12?,13?,14+,15+,16+,17+,18+,19+,20?,21?,22-,23-,24+,25+,26+,27-,28+,29-,30+,31+,32+,33-,34-/m0/s1. The number of hydrogen-bond donors (Lipinski definition) is 17. The van der Waals surface area contributed by atoms with Gasteiger partial charge in [-0.1, -0.05) is 0 Å². The Labute approximate surface area is 347 Å². The van der Waals surface area contributed by atoms with E-state index in [-0.39, 0.29) is 0 Å². The van der Waals surface area contributed by atoms with Crippen molar-refractivity contribution in [3.8, 4) is 0 Å². The van der Waals surface area contributed by atoms with Gasteiger partial charge >= 0.3 is 0 Å². The van der Waals surface area contributed by atoms with E-state index < -0.39 is 192 Å². The van der Waals surface area contributed by atoms with Crippen LogP contribution in [0.25, 0.3) is 0 Å². The molecule has 24 atom stereocenters. The molecule has 0 bridgehead atoms. The van der Waals surface area contributed by atoms with Crippen LogP contribution in [0.5, 0.6) is 0 Å². The number of rotatable bonds is 18. The summed E-state index contributed by atoms with van der Waals surface area (Å²) >= 11 is 0. The lowest BCUT2D eigenvalue weighted by Crippen LogP contribution is -2.70. The van der Waals surface area contributed by atoms with Crippen LogP contribution in [0.3, 0.4) is 0 Å². The molecule has 4 heterocycles. The number of amides is 2. The molecule has 27 nitrogen and oxygen atoms in total. The first kappa shape index (κ1) is 51.7. The van der Waals surface area contributed by atoms with E-state index in [0.717, 1.165) is 13.8 Å². The summed E-state index contributed by atoms with van der Waals surface area (Å²) in [5.41, 5.74) is 0. The van der Waals surface area contributed by atoms with E-state index in [0.29, 0.717) is 0 Å². The molecule has 0 aromatic heterocycles. The number of hydrogen-bond acceptors (Lipinski definition) is 25. The number of aliphatic hydroxyl groups excluding tert-OH is 15. The predicted molar refractivity (Wildman–Crippen MR) is 191 cm³/mol. The Hall–Kier alpha value is -1.98. The van der Waals surface area contributed by atoms with Gasteiger partial charge in [0.1, 0.15) is 116 Å². The van der Waals surface area contributed by atoms with Crippen molar-refractivity contribution in [2.45, 2.75) is 168 Å². The highest BCUT2D eigenvalue weighted by Gasteiger charge is 2.57. The van der Waals surface area contributed by atoms with Crippen molar-refractivity contribution >= 4 is 11.8 Å². The largest absolute Gasteiger partial charge is 0.394 e. The Morgan fingerprint density at radius 3 is 1.57 bits per heavy atom. The van der Waals surface area contributed by atoms with Crippen LogP contribution in [-0.4, -0.2) is 269 Å². The Bertz CT molecular complexity index is 1380. The molecular formula is C34H60N2O25. The zero-order chi connectivity index (χ0) is 45.6. The van der Waals surface area contributed by atoms with Gasteiger partial charge in [-0.05, 0) is 6.92 Å². The van der Waals surface area contributed by atoms with Crippen molar-refractivity contribution in [1.29, 1.82) is 0 Å². The molecule has 4 aliphatic rings. The Kier molecular flexibility index (Phi) is 19.3. The molecule has 0 saturated carbocycles. The minimum absolute atomic E-state index is 0.757. The molecule has 4 unspecified atom stereocenters. The van der Waals surface area contributed by atoms with Gasteiger partial charge in [-0.2, -0.15) is 0 Å². The van der Waals surface area contributed by atoms with E-state index in [9.17, 15) is 81.1 Å². The smallest absolute Gasteiger partial charge is 0.217 e. The van der Waals surface area contributed by atoms with E-state index in [1.54, 1.807) is 0 Å². The van der Waals surface area contributed by atoms with Crippen LogP contribution in [-0.2, 0) is 47.5 Å². The van der Waals surface area contributed by atoms with Crippen LogP contribution < -0.4 is 10.6 Å². The zero-order valence-electron chi connectivity index (χ0n) is 33.2. The van der Waals surface area contributed by atoms with Crippen molar-refractivity contribution in [2.75, 3.05) is 33.0 Å². The van der Waals surface area contributed by atoms with Crippen LogP contribution in [0.4, 0.5) is 0 Å². The maximum absolute atomic E-state index is 12.3. The summed E-state index contributed by atoms with van der Waals surface area (Å²) in [6, 6.07) is -3.26. The number of aliphatic hydroxyl groups is 15. The summed E-state index contributed by atoms with van der Waals surface area (Å²) in [4.78, 5) is 24.5. The lowest BCUT2D eigenvalue weighted by atomic mass is 9.94. The molecule has 4 rings (SSSR count). The molecule has 0 radical (unpaired) electrons. The third-order valence-corrected chi connectivity index (χ3v) is 10.7. The van der Waals surface area contributed by atoms with E-state index in [4.69, 9.17) is 43.0 Å². The lowest BCUT2D eigenvalue weighted by molar-refractivity contribution is -0.398. The van der Waals surface area contributed by atoms with Gasteiger partial charge in [-0.25, -0.2) is 0 Å². The van der Waals surface area contributed by atoms with Crippen LogP contribution in [0, 0.1) is 0 Å². The maximum atomic E-state index is 12.3. The first-order valence-electron chi connectivity index (χ1n) is 19.4. The minimum atomic E-state index is -2.08. The molecule has 4 fully saturated rings. The van der Waals surface area contributed by atoms with Crippen LogP contribution in [0.1, 0.15) is 20.8 Å². The van der Waals surface area contributed by atoms with Crippen molar-refractivity contribution in [2.24, 2.45) is 0 Å². The monoisotopic (exact) mass is 896 g/mol. The second-order valence-corrected chi connectivity index (χ2v) is 15.2. The number of nitrogens with one attached hydrogen (secondary N) is 2. The molecule has 0 spiro atoms. The second-order valence-electron chi connectivity index (χ2n) is 15.2. The van der Waals surface area contributed by atoms with Gasteiger partial charge in [-0.3, -0.25) is 9.59 Å². The number of carbonyl (C=O) groups is 2. The first-order chi connectivity index (χ1) is 28.7. The Morgan fingerprint density at radius 1 is 0.525 bits per heavy atom. The van der Waals surface area contributed by atoms with Crippen LogP contribution in [0.15, 0.2) is 0 Å². The van der Waals surface area contributed by atoms with E-state index in [1.165, 1.54) is 6.92 Å². The highest BCUT2D eigenvalue weighted by atomic mass is 16.8. The average Bonchev–Trinajstić information content (AvgIpc) is 3.22.